The molecule has 0 saturated heterocycles. The molecule has 0 radical (unpaired) electrons. The van der Waals surface area contributed by atoms with Crippen LogP contribution in [0.3, 0.4) is 0 Å². The van der Waals surface area contributed by atoms with Gasteiger partial charge in [-0.2, -0.15) is 0 Å². The second kappa shape index (κ2) is 10.3. The third-order valence-corrected chi connectivity index (χ3v) is 5.86. The number of allylic oxidation sites excluding steroid dienone is 1. The van der Waals surface area contributed by atoms with Crippen LogP contribution >= 0.6 is 22.9 Å². The average molecular weight is 444 g/mol. The fourth-order valence-corrected chi connectivity index (χ4v) is 4.47. The highest BCUT2D eigenvalue weighted by molar-refractivity contribution is 7.17. The van der Waals surface area contributed by atoms with Gasteiger partial charge < -0.3 is 14.7 Å². The minimum absolute atomic E-state index is 0.250. The number of benzene rings is 2. The molecule has 5 nitrogen and oxygen atoms in total. The van der Waals surface area contributed by atoms with Crippen LogP contribution in [0.1, 0.15) is 30.0 Å². The van der Waals surface area contributed by atoms with Crippen LogP contribution in [0.2, 0.25) is 5.02 Å². The van der Waals surface area contributed by atoms with E-state index in [1.807, 2.05) is 30.3 Å². The molecule has 0 bridgehead atoms. The van der Waals surface area contributed by atoms with E-state index in [0.29, 0.717) is 18.1 Å². The van der Waals surface area contributed by atoms with Gasteiger partial charge in [0.2, 0.25) is 0 Å². The van der Waals surface area contributed by atoms with Gasteiger partial charge in [0, 0.05) is 21.7 Å². The molecule has 0 atom stereocenters. The van der Waals surface area contributed by atoms with Crippen LogP contribution in [-0.4, -0.2) is 23.9 Å². The standard InChI is InChI=1S/C22H20ClNO2S.CH2O2/c1-3-15-13-27-21-11-19(10-14(2)22(15)21)25-12-18-8-9-20(26-24-18)16-4-6-17(23)7-5-16;2-1-3/h4-7,9-11,13H,3,8,12H2,1-2H3;1H,(H,2,3). The molecule has 156 valence electrons. The third-order valence-electron chi connectivity index (χ3n) is 4.63. The second-order valence-electron chi connectivity index (χ2n) is 6.65. The van der Waals surface area contributed by atoms with E-state index >= 15 is 0 Å². The first-order valence-electron chi connectivity index (χ1n) is 9.46. The predicted molar refractivity (Wildman–Crippen MR) is 123 cm³/mol. The summed E-state index contributed by atoms with van der Waals surface area (Å²) in [6.45, 7) is 4.50. The zero-order chi connectivity index (χ0) is 21.5. The molecule has 0 amide bonds. The number of aryl methyl sites for hydroxylation is 2. The average Bonchev–Trinajstić information content (AvgIpc) is 3.18. The first kappa shape index (κ1) is 21.9. The largest absolute Gasteiger partial charge is 0.487 e. The van der Waals surface area contributed by atoms with E-state index in [9.17, 15) is 0 Å². The summed E-state index contributed by atoms with van der Waals surface area (Å²) in [5, 5.41) is 15.4. The highest BCUT2D eigenvalue weighted by Gasteiger charge is 2.13. The number of carbonyl (C=O) groups is 1. The number of rotatable bonds is 5. The van der Waals surface area contributed by atoms with Crippen molar-refractivity contribution >= 4 is 51.0 Å². The van der Waals surface area contributed by atoms with Gasteiger partial charge in [-0.05, 0) is 77.7 Å². The molecule has 3 aromatic rings. The summed E-state index contributed by atoms with van der Waals surface area (Å²) in [7, 11) is 0. The van der Waals surface area contributed by atoms with Crippen LogP contribution in [0.15, 0.2) is 53.0 Å². The Labute approximate surface area is 184 Å². The van der Waals surface area contributed by atoms with E-state index in [-0.39, 0.29) is 6.47 Å². The molecule has 30 heavy (non-hydrogen) atoms. The Morgan fingerprint density at radius 1 is 1.30 bits per heavy atom. The van der Waals surface area contributed by atoms with Gasteiger partial charge in [0.1, 0.15) is 12.4 Å². The summed E-state index contributed by atoms with van der Waals surface area (Å²) in [5.41, 5.74) is 4.50. The van der Waals surface area contributed by atoms with Gasteiger partial charge in [0.15, 0.2) is 5.76 Å². The fraction of sp³-hybridized carbons (Fsp3) is 0.217. The van der Waals surface area contributed by atoms with Gasteiger partial charge in [0.05, 0.1) is 5.71 Å². The molecule has 7 heteroatoms. The summed E-state index contributed by atoms with van der Waals surface area (Å²) in [6.07, 6.45) is 3.78. The first-order chi connectivity index (χ1) is 14.5. The van der Waals surface area contributed by atoms with Crippen molar-refractivity contribution in [3.8, 4) is 5.75 Å². The molecule has 4 rings (SSSR count). The molecule has 0 aliphatic carbocycles. The summed E-state index contributed by atoms with van der Waals surface area (Å²) in [6, 6.07) is 11.8. The number of nitrogens with zero attached hydrogens (tertiary/aromatic N) is 1. The lowest BCUT2D eigenvalue weighted by atomic mass is 10.1. The van der Waals surface area contributed by atoms with Crippen LogP contribution in [0.5, 0.6) is 5.75 Å². The van der Waals surface area contributed by atoms with Crippen molar-refractivity contribution in [3.05, 3.63) is 69.6 Å². The summed E-state index contributed by atoms with van der Waals surface area (Å²) in [4.78, 5) is 13.9. The van der Waals surface area contributed by atoms with E-state index in [1.165, 1.54) is 21.2 Å². The van der Waals surface area contributed by atoms with Gasteiger partial charge >= 0.3 is 0 Å². The van der Waals surface area contributed by atoms with E-state index in [4.69, 9.17) is 31.1 Å². The van der Waals surface area contributed by atoms with Gasteiger partial charge in [0.25, 0.3) is 6.47 Å². The zero-order valence-electron chi connectivity index (χ0n) is 16.7. The number of ether oxygens (including phenoxy) is 1. The molecule has 0 saturated carbocycles. The SMILES string of the molecule is CCc1csc2cc(OCC3=NOC(c4ccc(Cl)cc4)=CC3)cc(C)c12.O=CO. The van der Waals surface area contributed by atoms with Crippen LogP contribution in [0.25, 0.3) is 15.8 Å². The van der Waals surface area contributed by atoms with E-state index in [0.717, 1.165) is 29.2 Å². The van der Waals surface area contributed by atoms with Crippen LogP contribution in [0, 0.1) is 6.92 Å². The Balaban J connectivity index is 0.000000806. The van der Waals surface area contributed by atoms with Crippen molar-refractivity contribution in [2.75, 3.05) is 6.61 Å². The number of hydrogen-bond acceptors (Lipinski definition) is 5. The number of oxime groups is 1. The zero-order valence-corrected chi connectivity index (χ0v) is 18.3. The Bertz CT molecular complexity index is 1090. The second-order valence-corrected chi connectivity index (χ2v) is 8.00. The molecule has 0 spiro atoms. The normalized spacial score (nSPS) is 12.9. The van der Waals surface area contributed by atoms with Crippen LogP contribution < -0.4 is 4.74 Å². The summed E-state index contributed by atoms with van der Waals surface area (Å²) >= 11 is 7.70. The minimum atomic E-state index is -0.250. The molecular weight excluding hydrogens is 422 g/mol. The predicted octanol–water partition coefficient (Wildman–Crippen LogP) is 6.32. The van der Waals surface area contributed by atoms with Crippen LogP contribution in [0.4, 0.5) is 0 Å². The van der Waals surface area contributed by atoms with Crippen molar-refractivity contribution in [1.29, 1.82) is 0 Å². The molecular formula is C23H22ClNO4S. The van der Waals surface area contributed by atoms with Gasteiger partial charge in [-0.1, -0.05) is 23.7 Å². The van der Waals surface area contributed by atoms with Gasteiger partial charge in [-0.3, -0.25) is 4.79 Å². The third kappa shape index (κ3) is 5.20. The molecule has 0 unspecified atom stereocenters. The van der Waals surface area contributed by atoms with Crippen molar-refractivity contribution in [2.45, 2.75) is 26.7 Å². The Hall–Kier alpha value is -2.83. The van der Waals surface area contributed by atoms with Crippen molar-refractivity contribution in [2.24, 2.45) is 5.16 Å². The molecule has 0 fully saturated rings. The number of halogens is 1. The van der Waals surface area contributed by atoms with Crippen molar-refractivity contribution in [1.82, 2.24) is 0 Å². The molecule has 2 heterocycles. The summed E-state index contributed by atoms with van der Waals surface area (Å²) in [5.74, 6) is 1.62. The van der Waals surface area contributed by atoms with Crippen molar-refractivity contribution in [3.63, 3.8) is 0 Å². The maximum Gasteiger partial charge on any atom is 0.290 e. The maximum atomic E-state index is 8.36. The Kier molecular flexibility index (Phi) is 7.49. The number of thiophene rings is 1. The lowest BCUT2D eigenvalue weighted by molar-refractivity contribution is -0.122. The number of hydrogen-bond donors (Lipinski definition) is 1. The number of carboxylic acid groups (broad SMARTS) is 1. The minimum Gasteiger partial charge on any atom is -0.487 e. The molecule has 2 aromatic carbocycles. The van der Waals surface area contributed by atoms with Crippen molar-refractivity contribution < 1.29 is 19.5 Å². The Morgan fingerprint density at radius 2 is 2.03 bits per heavy atom. The monoisotopic (exact) mass is 443 g/mol. The lowest BCUT2D eigenvalue weighted by Gasteiger charge is -2.14. The van der Waals surface area contributed by atoms with Crippen LogP contribution in [-0.2, 0) is 16.1 Å². The highest BCUT2D eigenvalue weighted by Crippen LogP contribution is 2.33. The fourth-order valence-electron chi connectivity index (χ4n) is 3.20. The maximum absolute atomic E-state index is 8.36. The summed E-state index contributed by atoms with van der Waals surface area (Å²) < 4.78 is 7.26. The van der Waals surface area contributed by atoms with Gasteiger partial charge in [-0.25, -0.2) is 0 Å². The smallest absolute Gasteiger partial charge is 0.290 e. The van der Waals surface area contributed by atoms with Gasteiger partial charge in [-0.15, -0.1) is 11.3 Å². The van der Waals surface area contributed by atoms with E-state index < -0.39 is 0 Å². The quantitative estimate of drug-likeness (QED) is 0.468. The number of fused-ring (bicyclic) bond motifs is 1. The molecule has 1 aromatic heterocycles. The van der Waals surface area contributed by atoms with E-state index in [2.05, 4.69) is 36.5 Å². The molecule has 1 aliphatic heterocycles. The molecule has 1 aliphatic rings. The first-order valence-corrected chi connectivity index (χ1v) is 10.7. The topological polar surface area (TPSA) is 68.1 Å². The van der Waals surface area contributed by atoms with E-state index in [1.54, 1.807) is 11.3 Å². The lowest BCUT2D eigenvalue weighted by Crippen LogP contribution is -2.14. The molecule has 1 N–H and O–H groups in total. The Morgan fingerprint density at radius 3 is 2.67 bits per heavy atom. The highest BCUT2D eigenvalue weighted by atomic mass is 35.5.